The van der Waals surface area contributed by atoms with Crippen LogP contribution in [0.1, 0.15) is 11.5 Å². The van der Waals surface area contributed by atoms with Crippen LogP contribution in [-0.4, -0.2) is 26.4 Å². The van der Waals surface area contributed by atoms with Crippen LogP contribution in [0.2, 0.25) is 0 Å². The summed E-state index contributed by atoms with van der Waals surface area (Å²) < 4.78 is 7.06. The SMILES string of the molecule is CSc1nc2ncc(C)c(-c3noc(C)n3)c2s1. The monoisotopic (exact) mass is 278 g/mol. The van der Waals surface area contributed by atoms with Gasteiger partial charge in [-0.2, -0.15) is 4.98 Å². The van der Waals surface area contributed by atoms with Gasteiger partial charge in [-0.3, -0.25) is 0 Å². The number of hydrogen-bond acceptors (Lipinski definition) is 7. The van der Waals surface area contributed by atoms with Crippen LogP contribution in [0.4, 0.5) is 0 Å². The number of hydrogen-bond donors (Lipinski definition) is 0. The molecule has 0 amide bonds. The largest absolute Gasteiger partial charge is 0.339 e. The summed E-state index contributed by atoms with van der Waals surface area (Å²) in [4.78, 5) is 13.1. The second kappa shape index (κ2) is 4.33. The molecule has 3 rings (SSSR count). The van der Waals surface area contributed by atoms with E-state index in [1.54, 1.807) is 36.2 Å². The topological polar surface area (TPSA) is 64.7 Å². The second-order valence-corrected chi connectivity index (χ2v) is 5.84. The summed E-state index contributed by atoms with van der Waals surface area (Å²) in [5.74, 6) is 1.16. The second-order valence-electron chi connectivity index (χ2n) is 3.79. The molecule has 0 fully saturated rings. The highest BCUT2D eigenvalue weighted by Crippen LogP contribution is 2.35. The van der Waals surface area contributed by atoms with E-state index in [9.17, 15) is 0 Å². The fourth-order valence-electron chi connectivity index (χ4n) is 1.71. The van der Waals surface area contributed by atoms with E-state index in [0.29, 0.717) is 11.7 Å². The van der Waals surface area contributed by atoms with Crippen molar-refractivity contribution in [2.45, 2.75) is 18.2 Å². The third-order valence-electron chi connectivity index (χ3n) is 2.52. The van der Waals surface area contributed by atoms with Crippen LogP contribution in [0.5, 0.6) is 0 Å². The fourth-order valence-corrected chi connectivity index (χ4v) is 3.32. The van der Waals surface area contributed by atoms with Crippen molar-refractivity contribution in [1.82, 2.24) is 20.1 Å². The summed E-state index contributed by atoms with van der Waals surface area (Å²) >= 11 is 3.22. The molecule has 5 nitrogen and oxygen atoms in total. The van der Waals surface area contributed by atoms with Crippen LogP contribution in [0, 0.1) is 13.8 Å². The number of fused-ring (bicyclic) bond motifs is 1. The molecule has 18 heavy (non-hydrogen) atoms. The fraction of sp³-hybridized carbons (Fsp3) is 0.273. The predicted octanol–water partition coefficient (Wildman–Crippen LogP) is 3.08. The molecule has 3 aromatic rings. The Hall–Kier alpha value is -1.47. The van der Waals surface area contributed by atoms with E-state index in [4.69, 9.17) is 4.52 Å². The minimum atomic E-state index is 0.559. The quantitative estimate of drug-likeness (QED) is 0.671. The first kappa shape index (κ1) is 11.6. The van der Waals surface area contributed by atoms with Gasteiger partial charge >= 0.3 is 0 Å². The smallest absolute Gasteiger partial charge is 0.223 e. The lowest BCUT2D eigenvalue weighted by atomic mass is 10.1. The van der Waals surface area contributed by atoms with Crippen LogP contribution >= 0.6 is 23.1 Å². The van der Waals surface area contributed by atoms with E-state index in [2.05, 4.69) is 20.1 Å². The van der Waals surface area contributed by atoms with E-state index >= 15 is 0 Å². The molecule has 0 bridgehead atoms. The Bertz CT molecular complexity index is 719. The molecule has 0 aliphatic rings. The Balaban J connectivity index is 2.32. The molecule has 0 radical (unpaired) electrons. The highest BCUT2D eigenvalue weighted by atomic mass is 32.2. The summed E-state index contributed by atoms with van der Waals surface area (Å²) in [5.41, 5.74) is 2.74. The van der Waals surface area contributed by atoms with Crippen LogP contribution in [0.15, 0.2) is 15.1 Å². The van der Waals surface area contributed by atoms with Gasteiger partial charge in [-0.1, -0.05) is 16.9 Å². The number of rotatable bonds is 2. The zero-order valence-corrected chi connectivity index (χ0v) is 11.7. The molecule has 0 spiro atoms. The van der Waals surface area contributed by atoms with Crippen LogP contribution in [0.3, 0.4) is 0 Å². The average Bonchev–Trinajstić information content (AvgIpc) is 2.95. The maximum atomic E-state index is 5.05. The van der Waals surface area contributed by atoms with Crippen LogP contribution in [-0.2, 0) is 0 Å². The van der Waals surface area contributed by atoms with Gasteiger partial charge in [-0.15, -0.1) is 11.3 Å². The van der Waals surface area contributed by atoms with E-state index < -0.39 is 0 Å². The van der Waals surface area contributed by atoms with E-state index in [1.807, 2.05) is 13.2 Å². The summed E-state index contributed by atoms with van der Waals surface area (Å²) in [6.45, 7) is 3.77. The summed E-state index contributed by atoms with van der Waals surface area (Å²) in [5, 5.41) is 3.99. The van der Waals surface area contributed by atoms with Crippen molar-refractivity contribution in [1.29, 1.82) is 0 Å². The molecule has 0 aromatic carbocycles. The lowest BCUT2D eigenvalue weighted by Gasteiger charge is -2.00. The molecule has 0 saturated carbocycles. The zero-order chi connectivity index (χ0) is 12.7. The van der Waals surface area contributed by atoms with Crippen molar-refractivity contribution in [3.05, 3.63) is 17.7 Å². The minimum absolute atomic E-state index is 0.559. The number of nitrogens with zero attached hydrogens (tertiary/aromatic N) is 4. The first-order valence-corrected chi connectivity index (χ1v) is 7.34. The number of pyridine rings is 1. The molecule has 3 aromatic heterocycles. The third kappa shape index (κ3) is 1.79. The average molecular weight is 278 g/mol. The molecule has 0 N–H and O–H groups in total. The van der Waals surface area contributed by atoms with Gasteiger partial charge in [0, 0.05) is 18.7 Å². The van der Waals surface area contributed by atoms with Gasteiger partial charge in [0.1, 0.15) is 0 Å². The normalized spacial score (nSPS) is 11.3. The van der Waals surface area contributed by atoms with Crippen molar-refractivity contribution in [2.75, 3.05) is 6.26 Å². The van der Waals surface area contributed by atoms with Gasteiger partial charge in [0.2, 0.25) is 11.7 Å². The van der Waals surface area contributed by atoms with Crippen molar-refractivity contribution in [3.63, 3.8) is 0 Å². The Morgan fingerprint density at radius 3 is 2.78 bits per heavy atom. The van der Waals surface area contributed by atoms with Crippen molar-refractivity contribution < 1.29 is 4.52 Å². The molecule has 92 valence electrons. The third-order valence-corrected chi connectivity index (χ3v) is 4.56. The van der Waals surface area contributed by atoms with Gasteiger partial charge in [0.25, 0.3) is 0 Å². The van der Waals surface area contributed by atoms with Crippen molar-refractivity contribution in [2.24, 2.45) is 0 Å². The molecular formula is C11H10N4OS2. The molecule has 3 heterocycles. The molecule has 0 aliphatic carbocycles. The first-order valence-electron chi connectivity index (χ1n) is 5.30. The first-order chi connectivity index (χ1) is 8.69. The Labute approximate surface area is 112 Å². The Kier molecular flexibility index (Phi) is 2.79. The van der Waals surface area contributed by atoms with Gasteiger partial charge in [-0.05, 0) is 18.7 Å². The predicted molar refractivity (Wildman–Crippen MR) is 72.0 cm³/mol. The van der Waals surface area contributed by atoms with E-state index in [1.165, 1.54) is 0 Å². The number of aryl methyl sites for hydroxylation is 2. The standard InChI is InChI=1S/C11H10N4OS2/c1-5-4-12-10-8(18-11(14-10)17-3)7(5)9-13-6(2)16-15-9/h4H,1-3H3. The highest BCUT2D eigenvalue weighted by Gasteiger charge is 2.17. The lowest BCUT2D eigenvalue weighted by molar-refractivity contribution is 0.394. The summed E-state index contributed by atoms with van der Waals surface area (Å²) in [6, 6.07) is 0. The zero-order valence-electron chi connectivity index (χ0n) is 10.1. The molecule has 0 atom stereocenters. The molecular weight excluding hydrogens is 268 g/mol. The van der Waals surface area contributed by atoms with Gasteiger partial charge in [0.15, 0.2) is 9.99 Å². The van der Waals surface area contributed by atoms with Gasteiger partial charge in [0.05, 0.1) is 4.70 Å². The Morgan fingerprint density at radius 2 is 2.11 bits per heavy atom. The lowest BCUT2D eigenvalue weighted by Crippen LogP contribution is -1.89. The maximum absolute atomic E-state index is 5.05. The minimum Gasteiger partial charge on any atom is -0.339 e. The Morgan fingerprint density at radius 1 is 1.28 bits per heavy atom. The van der Waals surface area contributed by atoms with Crippen LogP contribution < -0.4 is 0 Å². The molecule has 0 unspecified atom stereocenters. The maximum Gasteiger partial charge on any atom is 0.223 e. The number of aromatic nitrogens is 4. The van der Waals surface area contributed by atoms with E-state index in [0.717, 1.165) is 25.8 Å². The number of thioether (sulfide) groups is 1. The summed E-state index contributed by atoms with van der Waals surface area (Å²) in [6.07, 6.45) is 3.80. The number of thiazole rings is 1. The van der Waals surface area contributed by atoms with E-state index in [-0.39, 0.29) is 0 Å². The van der Waals surface area contributed by atoms with Crippen molar-refractivity contribution >= 4 is 33.4 Å². The molecule has 0 saturated heterocycles. The van der Waals surface area contributed by atoms with Crippen LogP contribution in [0.25, 0.3) is 21.7 Å². The van der Waals surface area contributed by atoms with Gasteiger partial charge in [-0.25, -0.2) is 9.97 Å². The van der Waals surface area contributed by atoms with Gasteiger partial charge < -0.3 is 4.52 Å². The highest BCUT2D eigenvalue weighted by molar-refractivity contribution is 8.00. The van der Waals surface area contributed by atoms with Crippen molar-refractivity contribution in [3.8, 4) is 11.4 Å². The summed E-state index contributed by atoms with van der Waals surface area (Å²) in [7, 11) is 0. The molecule has 7 heteroatoms. The molecule has 0 aliphatic heterocycles.